The van der Waals surface area contributed by atoms with Crippen molar-refractivity contribution in [2.45, 2.75) is 6.92 Å². The third-order valence-corrected chi connectivity index (χ3v) is 2.31. The van der Waals surface area contributed by atoms with Crippen LogP contribution < -0.4 is 10.1 Å². The van der Waals surface area contributed by atoms with E-state index in [4.69, 9.17) is 15.7 Å². The molecule has 6 heteroatoms. The van der Waals surface area contributed by atoms with Crippen molar-refractivity contribution in [3.63, 3.8) is 0 Å². The summed E-state index contributed by atoms with van der Waals surface area (Å²) in [6.07, 6.45) is 0. The van der Waals surface area contributed by atoms with Crippen molar-refractivity contribution in [1.82, 2.24) is 4.81 Å². The van der Waals surface area contributed by atoms with Crippen LogP contribution in [-0.4, -0.2) is 48.6 Å². The van der Waals surface area contributed by atoms with E-state index < -0.39 is 0 Å². The maximum Gasteiger partial charge on any atom is 0.228 e. The van der Waals surface area contributed by atoms with Crippen LogP contribution in [0.3, 0.4) is 0 Å². The molecule has 0 aliphatic heterocycles. The molecule has 0 amide bonds. The summed E-state index contributed by atoms with van der Waals surface area (Å²) >= 11 is 0. The molecule has 1 N–H and O–H groups in total. The first-order chi connectivity index (χ1) is 7.56. The summed E-state index contributed by atoms with van der Waals surface area (Å²) < 4.78 is 0. The van der Waals surface area contributed by atoms with E-state index in [1.54, 1.807) is 9.62 Å². The summed E-state index contributed by atoms with van der Waals surface area (Å²) in [7, 11) is 16.6. The van der Waals surface area contributed by atoms with Gasteiger partial charge in [0.1, 0.15) is 0 Å². The zero-order valence-electron chi connectivity index (χ0n) is 10.1. The van der Waals surface area contributed by atoms with Gasteiger partial charge in [-0.3, -0.25) is 0 Å². The fraction of sp³-hybridized carbons (Fsp3) is 0.400. The van der Waals surface area contributed by atoms with E-state index in [2.05, 4.69) is 11.4 Å². The van der Waals surface area contributed by atoms with Crippen LogP contribution in [0.4, 0.5) is 11.4 Å². The molecule has 0 heterocycles. The third-order valence-electron chi connectivity index (χ3n) is 2.31. The highest BCUT2D eigenvalue weighted by Crippen LogP contribution is 2.20. The quantitative estimate of drug-likeness (QED) is 0.564. The topological polar surface area (TPSA) is 18.5 Å². The fourth-order valence-electron chi connectivity index (χ4n) is 1.44. The number of nitrogens with one attached hydrogen (secondary N) is 1. The molecule has 1 rings (SSSR count). The molecule has 1 aromatic rings. The summed E-state index contributed by atoms with van der Waals surface area (Å²) in [5.74, 6) is 0. The van der Waals surface area contributed by atoms with Gasteiger partial charge in [0.05, 0.1) is 0 Å². The molecule has 1 aromatic carbocycles. The van der Waals surface area contributed by atoms with Crippen molar-refractivity contribution >= 4 is 34.4 Å². The normalized spacial score (nSPS) is 10.2. The van der Waals surface area contributed by atoms with Gasteiger partial charge in [-0.05, 0) is 37.7 Å². The Morgan fingerprint density at radius 2 is 2.06 bits per heavy atom. The number of nitrogens with zero attached hydrogens (tertiary/aromatic N) is 2. The minimum absolute atomic E-state index is 0.545. The summed E-state index contributed by atoms with van der Waals surface area (Å²) in [4.78, 5) is 3.46. The first kappa shape index (κ1) is 13.0. The van der Waals surface area contributed by atoms with Crippen molar-refractivity contribution in [3.05, 3.63) is 23.8 Å². The highest BCUT2D eigenvalue weighted by Gasteiger charge is 2.04. The van der Waals surface area contributed by atoms with Gasteiger partial charge < -0.3 is 14.9 Å². The average Bonchev–Trinajstić information content (AvgIpc) is 2.27. The van der Waals surface area contributed by atoms with E-state index >= 15 is 0 Å². The second-order valence-corrected chi connectivity index (χ2v) is 3.82. The van der Waals surface area contributed by atoms with Gasteiger partial charge in [-0.25, -0.2) is 0 Å². The van der Waals surface area contributed by atoms with Crippen LogP contribution in [-0.2, 0) is 0 Å². The summed E-state index contributed by atoms with van der Waals surface area (Å²) in [6.45, 7) is 2.58. The Balaban J connectivity index is 2.82. The Morgan fingerprint density at radius 3 is 2.62 bits per heavy atom. The first-order valence-electron chi connectivity index (χ1n) is 5.14. The molecule has 0 unspecified atom stereocenters. The molecule has 0 spiro atoms. The average molecular weight is 210 g/mol. The zero-order chi connectivity index (χ0) is 12.1. The van der Waals surface area contributed by atoms with Crippen molar-refractivity contribution in [3.8, 4) is 0 Å². The van der Waals surface area contributed by atoms with E-state index in [-0.39, 0.29) is 0 Å². The Labute approximate surface area is 101 Å². The van der Waals surface area contributed by atoms with Gasteiger partial charge >= 0.3 is 0 Å². The Hall–Kier alpha value is -1.03. The molecule has 0 aliphatic rings. The second-order valence-electron chi connectivity index (χ2n) is 3.82. The van der Waals surface area contributed by atoms with E-state index in [9.17, 15) is 0 Å². The third kappa shape index (κ3) is 3.52. The lowest BCUT2D eigenvalue weighted by atomic mass is 9.66. The van der Waals surface area contributed by atoms with Gasteiger partial charge in [0.25, 0.3) is 0 Å². The molecule has 3 nitrogen and oxygen atoms in total. The molecule has 0 saturated carbocycles. The Kier molecular flexibility index (Phi) is 4.81. The molecule has 79 valence electrons. The lowest BCUT2D eigenvalue weighted by Gasteiger charge is -2.27. The molecule has 0 saturated heterocycles. The van der Waals surface area contributed by atoms with Gasteiger partial charge in [-0.1, -0.05) is 0 Å². The lowest BCUT2D eigenvalue weighted by molar-refractivity contribution is 0.563. The van der Waals surface area contributed by atoms with Crippen molar-refractivity contribution in [2.24, 2.45) is 0 Å². The molecule has 5 radical (unpaired) electrons. The minimum Gasteiger partial charge on any atom is -0.414 e. The van der Waals surface area contributed by atoms with E-state index in [1.165, 1.54) is 7.31 Å². The number of hydrogen-bond acceptors (Lipinski definition) is 3. The van der Waals surface area contributed by atoms with Crippen molar-refractivity contribution < 1.29 is 0 Å². The van der Waals surface area contributed by atoms with Crippen LogP contribution in [0.5, 0.6) is 0 Å². The van der Waals surface area contributed by atoms with Gasteiger partial charge in [-0.2, -0.15) is 0 Å². The highest BCUT2D eigenvalue weighted by molar-refractivity contribution is 6.87. The largest absolute Gasteiger partial charge is 0.414 e. The molecule has 0 atom stereocenters. The maximum atomic E-state index is 5.95. The standard InChI is InChI=1S/C10H15B3N3/c1-8-4-9(14-2)6-10(5-8)16(12)7-15(3)13-11/h4-6,14H,7H2,1-3H3. The Bertz CT molecular complexity index is 346. The Morgan fingerprint density at radius 1 is 1.38 bits per heavy atom. The van der Waals surface area contributed by atoms with Crippen LogP contribution in [0.2, 0.25) is 0 Å². The maximum absolute atomic E-state index is 5.95. The number of hydrogen-bond donors (Lipinski definition) is 1. The summed E-state index contributed by atoms with van der Waals surface area (Å²) in [5, 5.41) is 3.10. The first-order valence-corrected chi connectivity index (χ1v) is 5.14. The van der Waals surface area contributed by atoms with Gasteiger partial charge in [0.15, 0.2) is 7.31 Å². The van der Waals surface area contributed by atoms with Crippen molar-refractivity contribution in [2.75, 3.05) is 30.9 Å². The molecule has 16 heavy (non-hydrogen) atoms. The minimum atomic E-state index is 0.545. The fourth-order valence-corrected chi connectivity index (χ4v) is 1.44. The molecule has 0 bridgehead atoms. The highest BCUT2D eigenvalue weighted by atomic mass is 15.2. The monoisotopic (exact) mass is 210 g/mol. The molecule has 0 aromatic heterocycles. The van der Waals surface area contributed by atoms with Crippen LogP contribution in [0.1, 0.15) is 5.56 Å². The number of aryl methyl sites for hydroxylation is 1. The molecular formula is C10H15B3N3. The van der Waals surface area contributed by atoms with Gasteiger partial charge in [0.2, 0.25) is 7.98 Å². The SMILES string of the molecule is [B][B]N(C)CN([B])c1cc(C)cc(NC)c1. The summed E-state index contributed by atoms with van der Waals surface area (Å²) in [6, 6.07) is 6.10. The van der Waals surface area contributed by atoms with E-state index in [1.807, 2.05) is 33.2 Å². The zero-order valence-corrected chi connectivity index (χ0v) is 10.1. The lowest BCUT2D eigenvalue weighted by Crippen LogP contribution is -2.36. The number of anilines is 2. The predicted molar refractivity (Wildman–Crippen MR) is 73.1 cm³/mol. The van der Waals surface area contributed by atoms with Crippen LogP contribution in [0.25, 0.3) is 0 Å². The summed E-state index contributed by atoms with van der Waals surface area (Å²) in [5.41, 5.74) is 3.17. The van der Waals surface area contributed by atoms with E-state index in [0.717, 1.165) is 16.9 Å². The molecule has 0 aliphatic carbocycles. The van der Waals surface area contributed by atoms with Gasteiger partial charge in [0, 0.05) is 32.8 Å². The number of rotatable bonds is 5. The van der Waals surface area contributed by atoms with Crippen LogP contribution >= 0.6 is 0 Å². The smallest absolute Gasteiger partial charge is 0.228 e. The van der Waals surface area contributed by atoms with E-state index in [0.29, 0.717) is 6.67 Å². The second kappa shape index (κ2) is 5.90. The molecular weight excluding hydrogens is 195 g/mol. The number of benzene rings is 1. The van der Waals surface area contributed by atoms with Gasteiger partial charge in [-0.15, -0.1) is 0 Å². The van der Waals surface area contributed by atoms with Crippen LogP contribution in [0.15, 0.2) is 18.2 Å². The predicted octanol–water partition coefficient (Wildman–Crippen LogP) is 0.519. The van der Waals surface area contributed by atoms with Crippen LogP contribution in [0, 0.1) is 6.92 Å². The molecule has 0 fully saturated rings. The van der Waals surface area contributed by atoms with Crippen molar-refractivity contribution in [1.29, 1.82) is 0 Å².